The van der Waals surface area contributed by atoms with Gasteiger partial charge in [-0.2, -0.15) is 0 Å². The molecule has 104 valence electrons. The van der Waals surface area contributed by atoms with Gasteiger partial charge in [-0.25, -0.2) is 4.79 Å². The van der Waals surface area contributed by atoms with Gasteiger partial charge in [-0.05, 0) is 54.5 Å². The Morgan fingerprint density at radius 3 is 3.05 bits per heavy atom. The van der Waals surface area contributed by atoms with Crippen molar-refractivity contribution in [2.24, 2.45) is 0 Å². The minimum Gasteiger partial charge on any atom is -0.478 e. The summed E-state index contributed by atoms with van der Waals surface area (Å²) < 4.78 is 0. The average Bonchev–Trinajstić information content (AvgIpc) is 2.88. The predicted molar refractivity (Wildman–Crippen MR) is 82.0 cm³/mol. The lowest BCUT2D eigenvalue weighted by atomic mass is 9.93. The van der Waals surface area contributed by atoms with Crippen molar-refractivity contribution >= 4 is 34.6 Å². The number of halogens is 1. The largest absolute Gasteiger partial charge is 0.478 e. The smallest absolute Gasteiger partial charge is 0.337 e. The van der Waals surface area contributed by atoms with Crippen molar-refractivity contribution in [3.05, 3.63) is 50.7 Å². The minimum atomic E-state index is -0.939. The van der Waals surface area contributed by atoms with Crippen LogP contribution in [0, 0.1) is 0 Å². The number of rotatable bonds is 3. The van der Waals surface area contributed by atoms with Crippen LogP contribution >= 0.6 is 22.9 Å². The van der Waals surface area contributed by atoms with Gasteiger partial charge in [-0.1, -0.05) is 11.6 Å². The first-order valence-electron chi connectivity index (χ1n) is 6.51. The quantitative estimate of drug-likeness (QED) is 0.872. The number of nitrogens with one attached hydrogen (secondary N) is 1. The second-order valence-corrected chi connectivity index (χ2v) is 6.32. The zero-order valence-electron chi connectivity index (χ0n) is 10.7. The predicted octanol–water partition coefficient (Wildman–Crippen LogP) is 4.59. The van der Waals surface area contributed by atoms with Gasteiger partial charge in [0.15, 0.2) is 0 Å². The third-order valence-corrected chi connectivity index (χ3v) is 4.83. The summed E-state index contributed by atoms with van der Waals surface area (Å²) in [6.07, 6.45) is 3.25. The monoisotopic (exact) mass is 307 g/mol. The third kappa shape index (κ3) is 2.53. The summed E-state index contributed by atoms with van der Waals surface area (Å²) in [4.78, 5) is 12.7. The van der Waals surface area contributed by atoms with Crippen LogP contribution in [0.3, 0.4) is 0 Å². The molecule has 2 aromatic rings. The van der Waals surface area contributed by atoms with Gasteiger partial charge in [0.2, 0.25) is 0 Å². The van der Waals surface area contributed by atoms with Crippen LogP contribution in [0.4, 0.5) is 5.69 Å². The molecular weight excluding hydrogens is 294 g/mol. The van der Waals surface area contributed by atoms with Crippen LogP contribution in [0.2, 0.25) is 5.02 Å². The maximum Gasteiger partial charge on any atom is 0.337 e. The molecule has 0 saturated carbocycles. The summed E-state index contributed by atoms with van der Waals surface area (Å²) in [7, 11) is 0. The maximum absolute atomic E-state index is 11.3. The molecule has 3 rings (SSSR count). The number of carboxylic acids is 1. The summed E-state index contributed by atoms with van der Waals surface area (Å²) in [5, 5.41) is 15.3. The van der Waals surface area contributed by atoms with Gasteiger partial charge in [-0.15, -0.1) is 11.3 Å². The summed E-state index contributed by atoms with van der Waals surface area (Å²) >= 11 is 7.76. The van der Waals surface area contributed by atoms with E-state index in [-0.39, 0.29) is 11.6 Å². The SMILES string of the molecule is O=C(O)c1ccc(Cl)cc1NC1CCCc2sccc21. The van der Waals surface area contributed by atoms with E-state index in [0.717, 1.165) is 19.3 Å². The van der Waals surface area contributed by atoms with Gasteiger partial charge in [0.1, 0.15) is 0 Å². The molecule has 0 amide bonds. The molecule has 0 saturated heterocycles. The van der Waals surface area contributed by atoms with Crippen molar-refractivity contribution in [1.82, 2.24) is 0 Å². The Hall–Kier alpha value is -1.52. The van der Waals surface area contributed by atoms with E-state index in [9.17, 15) is 9.90 Å². The molecule has 20 heavy (non-hydrogen) atoms. The summed E-state index contributed by atoms with van der Waals surface area (Å²) in [6, 6.07) is 7.13. The molecule has 0 spiro atoms. The van der Waals surface area contributed by atoms with Crippen molar-refractivity contribution in [2.75, 3.05) is 5.32 Å². The topological polar surface area (TPSA) is 49.3 Å². The molecule has 0 fully saturated rings. The van der Waals surface area contributed by atoms with Crippen LogP contribution in [0.1, 0.15) is 39.7 Å². The fraction of sp³-hybridized carbons (Fsp3) is 0.267. The summed E-state index contributed by atoms with van der Waals surface area (Å²) in [6.45, 7) is 0. The maximum atomic E-state index is 11.3. The zero-order chi connectivity index (χ0) is 14.1. The van der Waals surface area contributed by atoms with E-state index in [4.69, 9.17) is 11.6 Å². The van der Waals surface area contributed by atoms with Crippen LogP contribution in [-0.2, 0) is 6.42 Å². The van der Waals surface area contributed by atoms with Crippen molar-refractivity contribution < 1.29 is 9.90 Å². The number of aryl methyl sites for hydroxylation is 1. The Balaban J connectivity index is 1.93. The minimum absolute atomic E-state index is 0.168. The standard InChI is InChI=1S/C15H14ClNO2S/c16-9-4-5-11(15(18)19)13(8-9)17-12-2-1-3-14-10(12)6-7-20-14/h4-8,12,17H,1-3H2,(H,18,19). The number of hydrogen-bond acceptors (Lipinski definition) is 3. The fourth-order valence-corrected chi connectivity index (χ4v) is 3.81. The van der Waals surface area contributed by atoms with E-state index >= 15 is 0 Å². The van der Waals surface area contributed by atoms with Crippen LogP contribution in [0.25, 0.3) is 0 Å². The van der Waals surface area contributed by atoms with Crippen LogP contribution < -0.4 is 5.32 Å². The Morgan fingerprint density at radius 2 is 2.25 bits per heavy atom. The van der Waals surface area contributed by atoms with E-state index in [1.54, 1.807) is 29.5 Å². The number of benzene rings is 1. The highest BCUT2D eigenvalue weighted by molar-refractivity contribution is 7.10. The van der Waals surface area contributed by atoms with Crippen molar-refractivity contribution in [3.63, 3.8) is 0 Å². The van der Waals surface area contributed by atoms with Gasteiger partial charge in [-0.3, -0.25) is 0 Å². The van der Waals surface area contributed by atoms with Crippen LogP contribution in [-0.4, -0.2) is 11.1 Å². The molecule has 1 heterocycles. The zero-order valence-corrected chi connectivity index (χ0v) is 12.3. The van der Waals surface area contributed by atoms with Gasteiger partial charge >= 0.3 is 5.97 Å². The number of hydrogen-bond donors (Lipinski definition) is 2. The molecular formula is C15H14ClNO2S. The number of carboxylic acid groups (broad SMARTS) is 1. The van der Waals surface area contributed by atoms with E-state index in [2.05, 4.69) is 16.8 Å². The molecule has 2 N–H and O–H groups in total. The van der Waals surface area contributed by atoms with E-state index in [1.165, 1.54) is 10.4 Å². The molecule has 0 aliphatic heterocycles. The highest BCUT2D eigenvalue weighted by Gasteiger charge is 2.22. The van der Waals surface area contributed by atoms with E-state index in [1.807, 2.05) is 0 Å². The first-order valence-corrected chi connectivity index (χ1v) is 7.76. The summed E-state index contributed by atoms with van der Waals surface area (Å²) in [5.41, 5.74) is 2.14. The van der Waals surface area contributed by atoms with Crippen molar-refractivity contribution in [1.29, 1.82) is 0 Å². The number of aromatic carboxylic acids is 1. The highest BCUT2D eigenvalue weighted by atomic mass is 35.5. The molecule has 1 aromatic carbocycles. The Bertz CT molecular complexity index is 653. The lowest BCUT2D eigenvalue weighted by Gasteiger charge is -2.25. The lowest BCUT2D eigenvalue weighted by Crippen LogP contribution is -2.17. The normalized spacial score (nSPS) is 17.6. The number of thiophene rings is 1. The molecule has 1 atom stereocenters. The number of fused-ring (bicyclic) bond motifs is 1. The van der Waals surface area contributed by atoms with Crippen molar-refractivity contribution in [2.45, 2.75) is 25.3 Å². The van der Waals surface area contributed by atoms with Gasteiger partial charge < -0.3 is 10.4 Å². The molecule has 0 radical (unpaired) electrons. The van der Waals surface area contributed by atoms with Crippen molar-refractivity contribution in [3.8, 4) is 0 Å². The Kier molecular flexibility index (Phi) is 3.68. The van der Waals surface area contributed by atoms with Gasteiger partial charge in [0.25, 0.3) is 0 Å². The first kappa shape index (κ1) is 13.5. The van der Waals surface area contributed by atoms with E-state index < -0.39 is 5.97 Å². The number of carbonyl (C=O) groups is 1. The first-order chi connectivity index (χ1) is 9.65. The average molecular weight is 308 g/mol. The Labute approximate surface area is 126 Å². The molecule has 3 nitrogen and oxygen atoms in total. The molecule has 0 bridgehead atoms. The third-order valence-electron chi connectivity index (χ3n) is 3.59. The van der Waals surface area contributed by atoms with E-state index in [0.29, 0.717) is 10.7 Å². The molecule has 1 aliphatic carbocycles. The molecule has 5 heteroatoms. The van der Waals surface area contributed by atoms with Crippen LogP contribution in [0.5, 0.6) is 0 Å². The highest BCUT2D eigenvalue weighted by Crippen LogP contribution is 2.36. The molecule has 1 aliphatic rings. The second-order valence-electron chi connectivity index (χ2n) is 4.88. The van der Waals surface area contributed by atoms with Gasteiger partial charge in [0, 0.05) is 9.90 Å². The Morgan fingerprint density at radius 1 is 1.40 bits per heavy atom. The van der Waals surface area contributed by atoms with Gasteiger partial charge in [0.05, 0.1) is 17.3 Å². The second kappa shape index (κ2) is 5.46. The fourth-order valence-electron chi connectivity index (χ4n) is 2.65. The van der Waals surface area contributed by atoms with Crippen LogP contribution in [0.15, 0.2) is 29.6 Å². The summed E-state index contributed by atoms with van der Waals surface area (Å²) in [5.74, 6) is -0.939. The number of anilines is 1. The molecule has 1 unspecified atom stereocenters. The molecule has 1 aromatic heterocycles. The lowest BCUT2D eigenvalue weighted by molar-refractivity contribution is 0.0698.